The molecule has 7 rings (SSSR count). The van der Waals surface area contributed by atoms with Gasteiger partial charge in [-0.3, -0.25) is 33.3 Å². The second kappa shape index (κ2) is 34.5. The first kappa shape index (κ1) is 76.4. The Balaban J connectivity index is 1.13. The van der Waals surface area contributed by atoms with Gasteiger partial charge in [-0.15, -0.1) is 0 Å². The van der Waals surface area contributed by atoms with Crippen LogP contribution in [-0.2, 0) is 50.3 Å². The van der Waals surface area contributed by atoms with Crippen LogP contribution >= 0.6 is 0 Å². The number of methoxy groups -OCH3 is 1. The number of phenols is 1. The van der Waals surface area contributed by atoms with E-state index in [2.05, 4.69) is 57.9 Å². The van der Waals surface area contributed by atoms with Crippen LogP contribution in [0.5, 0.6) is 17.2 Å². The van der Waals surface area contributed by atoms with Gasteiger partial charge in [0, 0.05) is 64.2 Å². The third kappa shape index (κ3) is 20.3. The lowest BCUT2D eigenvalue weighted by Gasteiger charge is -2.34. The lowest BCUT2D eigenvalue weighted by Crippen LogP contribution is -2.64. The highest BCUT2D eigenvalue weighted by Gasteiger charge is 2.50. The van der Waals surface area contributed by atoms with E-state index in [0.717, 1.165) is 58.5 Å². The summed E-state index contributed by atoms with van der Waals surface area (Å²) in [5.74, 6) is -8.07. The minimum absolute atomic E-state index is 0.0557. The Morgan fingerprint density at radius 3 is 2.06 bits per heavy atom. The smallest absolute Gasteiger partial charge is 0.446 e. The molecular weight excluding hydrogens is 1280 g/mol. The number of benzene rings is 2. The van der Waals surface area contributed by atoms with Gasteiger partial charge in [0.1, 0.15) is 42.1 Å². The first-order chi connectivity index (χ1) is 45.4. The molecule has 4 aliphatic heterocycles. The molecule has 0 spiro atoms. The number of nitrogens with one attached hydrogen (secondary N) is 6. The molecule has 6 amide bonds. The van der Waals surface area contributed by atoms with E-state index in [9.17, 15) is 87.7 Å². The molecule has 32 nitrogen and oxygen atoms in total. The van der Waals surface area contributed by atoms with Gasteiger partial charge in [-0.2, -0.15) is 8.42 Å². The van der Waals surface area contributed by atoms with Crippen LogP contribution in [0.25, 0.3) is 11.4 Å². The Morgan fingerprint density at radius 1 is 0.792 bits per heavy atom. The fourth-order valence-corrected chi connectivity index (χ4v) is 12.6. The Morgan fingerprint density at radius 2 is 1.44 bits per heavy atom. The maximum absolute atomic E-state index is 15.0. The molecule has 1 aromatic heterocycles. The number of carbonyl (C=O) groups excluding carboxylic acids is 6. The number of piperidine rings is 1. The SMILES string of the molecule is CCCCC(Oc1ccc(-c2ncc(N3CCC(CN[C@H]4C[C@@H](O)CNC(=O)[C@@H]5[C@@H](O)[C@@H](C)CN5C(=O)[C@H]([C@H](O)CCNC(CO)CO)NC(=O)[C@H]([C@H](O)Cc5ccc(O)c(OS(=O)(=O)O)c5)NC(=O)[C@@H]5C[C@@H](O)CN5C(=O)[C@H]([C@@H](C)O)NC4=O)CC3)cn2)cc1)C(C)(C)OC. The molecule has 4 saturated heterocycles. The number of carbonyl (C=O) groups is 6. The van der Waals surface area contributed by atoms with E-state index >= 15 is 0 Å². The van der Waals surface area contributed by atoms with Gasteiger partial charge in [0.15, 0.2) is 17.3 Å². The lowest BCUT2D eigenvalue weighted by molar-refractivity contribution is -0.147. The molecule has 14 atom stereocenters. The van der Waals surface area contributed by atoms with Crippen molar-refractivity contribution >= 4 is 51.5 Å². The number of hydrogen-bond acceptors (Lipinski definition) is 25. The average Bonchev–Trinajstić information content (AvgIpc) is 1.61. The molecule has 33 heteroatoms. The number of aromatic hydroxyl groups is 1. The van der Waals surface area contributed by atoms with Crippen LogP contribution in [0.2, 0.25) is 0 Å². The number of hydrogen-bond donors (Lipinski definition) is 16. The summed E-state index contributed by atoms with van der Waals surface area (Å²) in [6, 6.07) is -1.32. The van der Waals surface area contributed by atoms with Crippen LogP contribution in [0.15, 0.2) is 54.9 Å². The second-order valence-corrected chi connectivity index (χ2v) is 26.8. The quantitative estimate of drug-likeness (QED) is 0.0371. The number of aliphatic hydroxyl groups is 8. The summed E-state index contributed by atoms with van der Waals surface area (Å²) in [5, 5.41) is 115. The fraction of sp³-hybridized carbons (Fsp3) is 0.651. The van der Waals surface area contributed by atoms with E-state index in [4.69, 9.17) is 9.47 Å². The monoisotopic (exact) mass is 1370 g/mol. The summed E-state index contributed by atoms with van der Waals surface area (Å²) in [7, 11) is -3.55. The van der Waals surface area contributed by atoms with Crippen molar-refractivity contribution in [1.29, 1.82) is 0 Å². The molecule has 96 heavy (non-hydrogen) atoms. The minimum Gasteiger partial charge on any atom is -0.504 e. The zero-order chi connectivity index (χ0) is 70.3. The summed E-state index contributed by atoms with van der Waals surface area (Å²) < 4.78 is 49.2. The molecule has 1 unspecified atom stereocenters. The fourth-order valence-electron chi connectivity index (χ4n) is 12.2. The van der Waals surface area contributed by atoms with E-state index in [1.165, 1.54) is 13.8 Å². The Labute approximate surface area is 557 Å². The number of rotatable bonds is 25. The molecule has 16 N–H and O–H groups in total. The molecule has 2 aromatic carbocycles. The van der Waals surface area contributed by atoms with Gasteiger partial charge in [-0.1, -0.05) is 26.3 Å². The van der Waals surface area contributed by atoms with Crippen LogP contribution < -0.4 is 45.7 Å². The zero-order valence-electron chi connectivity index (χ0n) is 54.8. The average molecular weight is 1370 g/mol. The van der Waals surface area contributed by atoms with Gasteiger partial charge < -0.3 is 106 Å². The topological polar surface area (TPSA) is 474 Å². The molecule has 0 saturated carbocycles. The third-order valence-corrected chi connectivity index (χ3v) is 18.6. The highest BCUT2D eigenvalue weighted by molar-refractivity contribution is 7.81. The first-order valence-electron chi connectivity index (χ1n) is 32.4. The van der Waals surface area contributed by atoms with Crippen molar-refractivity contribution in [3.63, 3.8) is 0 Å². The molecular formula is C63H95N11O21S. The standard InChI is InChI=1S/C63H95N11O21S/c1-7-8-9-50(63(4,5)93-6)94-43-13-11-38(12-14-43)56-66-27-40(28-67-56)72-20-17-36(18-21-72)26-65-44-24-41(78)29-68-60(87)54-55(83)34(2)30-74(54)62(89)53(47(81)16-19-64-39(32-75)33-76)71-59(86)52(48(82)22-37-10-15-46(80)49(23-37)95-96(90,91)92)70-58(85)45-25-42(79)31-73(45)61(88)51(35(3)77)69-57(44)84/h10-15,23,27-28,34-36,39,41-42,44-45,47-48,50-55,64-65,75-83H,7-9,16-22,24-26,29-33H2,1-6H3,(H,68,87)(H,69,84)(H,70,85)(H,71,86)(H,90,91,92)/t34-,35+,41+,42+,44-,45-,47+,48+,50?,51-,52-,53-,54-,55-/m0/s1. The van der Waals surface area contributed by atoms with Gasteiger partial charge >= 0.3 is 10.4 Å². The van der Waals surface area contributed by atoms with Crippen LogP contribution in [0.4, 0.5) is 5.69 Å². The molecule has 534 valence electrons. The lowest BCUT2D eigenvalue weighted by atomic mass is 9.95. The highest BCUT2D eigenvalue weighted by Crippen LogP contribution is 2.32. The van der Waals surface area contributed by atoms with Crippen molar-refractivity contribution in [3.05, 3.63) is 60.4 Å². The van der Waals surface area contributed by atoms with E-state index in [1.54, 1.807) is 19.5 Å². The Hall–Kier alpha value is -6.99. The summed E-state index contributed by atoms with van der Waals surface area (Å²) in [6.45, 7) is 7.35. The molecule has 3 aromatic rings. The summed E-state index contributed by atoms with van der Waals surface area (Å²) >= 11 is 0. The minimum atomic E-state index is -5.23. The molecule has 0 aliphatic carbocycles. The van der Waals surface area contributed by atoms with Crippen LogP contribution in [0, 0.1) is 11.8 Å². The number of ether oxygens (including phenoxy) is 2. The number of phenolic OH excluding ortho intramolecular Hbond substituents is 1. The van der Waals surface area contributed by atoms with Gasteiger partial charge in [0.05, 0.1) is 85.6 Å². The van der Waals surface area contributed by atoms with Crippen molar-refractivity contribution in [2.75, 3.05) is 71.0 Å². The van der Waals surface area contributed by atoms with E-state index in [-0.39, 0.29) is 37.2 Å². The van der Waals surface area contributed by atoms with Crippen LogP contribution in [0.3, 0.4) is 0 Å². The van der Waals surface area contributed by atoms with Crippen molar-refractivity contribution in [3.8, 4) is 28.6 Å². The predicted molar refractivity (Wildman–Crippen MR) is 344 cm³/mol. The van der Waals surface area contributed by atoms with Gasteiger partial charge in [-0.25, -0.2) is 9.97 Å². The number of aromatic nitrogens is 2. The number of anilines is 1. The number of aliphatic hydroxyl groups excluding tert-OH is 8. The Kier molecular flexibility index (Phi) is 27.4. The number of nitrogens with zero attached hydrogens (tertiary/aromatic N) is 5. The van der Waals surface area contributed by atoms with Gasteiger partial charge in [-0.05, 0) is 120 Å². The van der Waals surface area contributed by atoms with E-state index < -0.39 is 200 Å². The molecule has 4 aliphatic rings. The van der Waals surface area contributed by atoms with Crippen molar-refractivity contribution in [2.24, 2.45) is 11.8 Å². The van der Waals surface area contributed by atoms with Crippen LogP contribution in [0.1, 0.15) is 91.5 Å². The number of fused-ring (bicyclic) bond motifs is 2. The second-order valence-electron chi connectivity index (χ2n) is 25.8. The highest BCUT2D eigenvalue weighted by atomic mass is 32.3. The third-order valence-electron chi connectivity index (χ3n) is 18.2. The summed E-state index contributed by atoms with van der Waals surface area (Å²) in [5.41, 5.74) is 0.982. The van der Waals surface area contributed by atoms with Gasteiger partial charge in [0.25, 0.3) is 0 Å². The first-order valence-corrected chi connectivity index (χ1v) is 33.8. The number of amides is 6. The van der Waals surface area contributed by atoms with Crippen molar-refractivity contribution < 1.29 is 101 Å². The summed E-state index contributed by atoms with van der Waals surface area (Å²) in [6.07, 6.45) is -4.93. The largest absolute Gasteiger partial charge is 0.504 e. The van der Waals surface area contributed by atoms with Crippen molar-refractivity contribution in [1.82, 2.24) is 51.7 Å². The normalized spacial score (nSPS) is 26.2. The molecule has 4 fully saturated rings. The van der Waals surface area contributed by atoms with Crippen LogP contribution in [-0.4, -0.2) is 271 Å². The number of β-amino-alcohol motifs (C(OH)–C–C–N with tert-alkyl or cyclic N) is 1. The molecule has 0 bridgehead atoms. The maximum atomic E-state index is 15.0. The predicted octanol–water partition coefficient (Wildman–Crippen LogP) is -3.25. The van der Waals surface area contributed by atoms with E-state index in [0.29, 0.717) is 37.5 Å². The van der Waals surface area contributed by atoms with Crippen molar-refractivity contribution in [2.45, 2.75) is 183 Å². The van der Waals surface area contributed by atoms with E-state index in [1.807, 2.05) is 38.1 Å². The Bertz CT molecular complexity index is 3200. The summed E-state index contributed by atoms with van der Waals surface area (Å²) in [4.78, 5) is 101. The molecule has 5 heterocycles. The zero-order valence-corrected chi connectivity index (χ0v) is 55.6. The molecule has 0 radical (unpaired) electrons. The maximum Gasteiger partial charge on any atom is 0.446 e. The number of unbranched alkanes of at least 4 members (excludes halogenated alkanes) is 1. The van der Waals surface area contributed by atoms with Gasteiger partial charge in [0.2, 0.25) is 35.4 Å².